The molecule has 2 aromatic carbocycles. The highest BCUT2D eigenvalue weighted by Gasteiger charge is 2.12. The van der Waals surface area contributed by atoms with Crippen molar-refractivity contribution in [2.75, 3.05) is 0 Å². The average molecular weight is 321 g/mol. The molecule has 0 spiro atoms. The second kappa shape index (κ2) is 6.32. The van der Waals surface area contributed by atoms with Crippen LogP contribution in [0.25, 0.3) is 10.9 Å². The molecule has 0 saturated heterocycles. The minimum absolute atomic E-state index is 0.139. The maximum Gasteiger partial charge on any atom is 0.336 e. The van der Waals surface area contributed by atoms with Crippen LogP contribution in [0, 0.1) is 0 Å². The molecule has 3 rings (SSSR count). The van der Waals surface area contributed by atoms with E-state index in [0.717, 1.165) is 10.9 Å². The Bertz CT molecular complexity index is 970. The van der Waals surface area contributed by atoms with Crippen molar-refractivity contribution in [3.8, 4) is 0 Å². The predicted molar refractivity (Wildman–Crippen MR) is 94.8 cm³/mol. The Kier molecular flexibility index (Phi) is 4.21. The maximum atomic E-state index is 12.4. The van der Waals surface area contributed by atoms with Gasteiger partial charge in [0, 0.05) is 6.07 Å². The Hall–Kier alpha value is -2.88. The molecule has 1 N–H and O–H groups in total. The zero-order valence-corrected chi connectivity index (χ0v) is 13.7. The van der Waals surface area contributed by atoms with Crippen LogP contribution in [-0.4, -0.2) is 15.6 Å². The summed E-state index contributed by atoms with van der Waals surface area (Å²) in [5.41, 5.74) is 2.72. The fraction of sp³-hybridized carbons (Fsp3) is 0.200. The summed E-state index contributed by atoms with van der Waals surface area (Å²) < 4.78 is 1.63. The summed E-state index contributed by atoms with van der Waals surface area (Å²) in [6.07, 6.45) is 0. The highest BCUT2D eigenvalue weighted by molar-refractivity contribution is 5.89. The number of aromatic carboxylic acids is 1. The minimum Gasteiger partial charge on any atom is -0.478 e. The Morgan fingerprint density at radius 3 is 2.54 bits per heavy atom. The number of hydrogen-bond acceptors (Lipinski definition) is 2. The van der Waals surface area contributed by atoms with Gasteiger partial charge < -0.3 is 9.67 Å². The van der Waals surface area contributed by atoms with E-state index in [-0.39, 0.29) is 17.7 Å². The summed E-state index contributed by atoms with van der Waals surface area (Å²) in [4.78, 5) is 23.7. The van der Waals surface area contributed by atoms with E-state index in [1.54, 1.807) is 28.8 Å². The Morgan fingerprint density at radius 2 is 1.83 bits per heavy atom. The Morgan fingerprint density at radius 1 is 1.08 bits per heavy atom. The van der Waals surface area contributed by atoms with E-state index in [4.69, 9.17) is 0 Å². The van der Waals surface area contributed by atoms with E-state index in [0.29, 0.717) is 11.5 Å². The molecule has 3 aromatic rings. The number of carboxylic acid groups (broad SMARTS) is 1. The first-order chi connectivity index (χ1) is 11.5. The molecule has 4 heteroatoms. The molecule has 0 fully saturated rings. The topological polar surface area (TPSA) is 59.3 Å². The van der Waals surface area contributed by atoms with Crippen LogP contribution < -0.4 is 5.56 Å². The Labute approximate surface area is 140 Å². The van der Waals surface area contributed by atoms with Gasteiger partial charge in [0.25, 0.3) is 5.56 Å². The zero-order valence-electron chi connectivity index (χ0n) is 13.7. The van der Waals surface area contributed by atoms with Crippen LogP contribution in [0.1, 0.15) is 41.3 Å². The molecule has 1 heterocycles. The van der Waals surface area contributed by atoms with Crippen LogP contribution in [0.15, 0.2) is 59.4 Å². The van der Waals surface area contributed by atoms with E-state index in [2.05, 4.69) is 19.9 Å². The first kappa shape index (κ1) is 16.0. The van der Waals surface area contributed by atoms with E-state index in [9.17, 15) is 14.7 Å². The van der Waals surface area contributed by atoms with E-state index >= 15 is 0 Å². The van der Waals surface area contributed by atoms with Crippen LogP contribution in [0.4, 0.5) is 0 Å². The predicted octanol–water partition coefficient (Wildman–Crippen LogP) is 3.87. The van der Waals surface area contributed by atoms with Gasteiger partial charge in [-0.1, -0.05) is 38.1 Å². The van der Waals surface area contributed by atoms with Gasteiger partial charge in [-0.15, -0.1) is 0 Å². The van der Waals surface area contributed by atoms with Gasteiger partial charge in [0.15, 0.2) is 0 Å². The first-order valence-corrected chi connectivity index (χ1v) is 7.92. The fourth-order valence-corrected chi connectivity index (χ4v) is 2.88. The number of rotatable bonds is 4. The largest absolute Gasteiger partial charge is 0.478 e. The fourth-order valence-electron chi connectivity index (χ4n) is 2.88. The summed E-state index contributed by atoms with van der Waals surface area (Å²) >= 11 is 0. The number of nitrogens with zero attached hydrogens (tertiary/aromatic N) is 1. The molecular weight excluding hydrogens is 302 g/mol. The monoisotopic (exact) mass is 321 g/mol. The SMILES string of the molecule is CC(C)c1ccc2c(ccc(=O)n2Cc2ccccc2C(=O)O)c1. The molecule has 0 aliphatic heterocycles. The van der Waals surface area contributed by atoms with E-state index in [1.807, 2.05) is 18.2 Å². The molecule has 0 unspecified atom stereocenters. The van der Waals surface area contributed by atoms with Gasteiger partial charge in [0.05, 0.1) is 17.6 Å². The number of carbonyl (C=O) groups is 1. The lowest BCUT2D eigenvalue weighted by molar-refractivity contribution is 0.0695. The molecule has 0 amide bonds. The van der Waals surface area contributed by atoms with Crippen LogP contribution in [0.5, 0.6) is 0 Å². The zero-order chi connectivity index (χ0) is 17.3. The van der Waals surface area contributed by atoms with Crippen LogP contribution >= 0.6 is 0 Å². The van der Waals surface area contributed by atoms with Crippen molar-refractivity contribution in [3.63, 3.8) is 0 Å². The summed E-state index contributed by atoms with van der Waals surface area (Å²) in [5, 5.41) is 10.3. The van der Waals surface area contributed by atoms with Crippen molar-refractivity contribution in [2.45, 2.75) is 26.3 Å². The van der Waals surface area contributed by atoms with Gasteiger partial charge in [-0.25, -0.2) is 4.79 Å². The van der Waals surface area contributed by atoms with E-state index < -0.39 is 5.97 Å². The molecule has 0 atom stereocenters. The van der Waals surface area contributed by atoms with Crippen molar-refractivity contribution in [2.24, 2.45) is 0 Å². The minimum atomic E-state index is -0.985. The molecular formula is C20H19NO3. The lowest BCUT2D eigenvalue weighted by Crippen LogP contribution is -2.21. The molecule has 0 aliphatic rings. The van der Waals surface area contributed by atoms with Crippen molar-refractivity contribution in [1.82, 2.24) is 4.57 Å². The summed E-state index contributed by atoms with van der Waals surface area (Å²) in [5.74, 6) is -0.580. The lowest BCUT2D eigenvalue weighted by atomic mass is 10.0. The lowest BCUT2D eigenvalue weighted by Gasteiger charge is -2.14. The highest BCUT2D eigenvalue weighted by Crippen LogP contribution is 2.21. The number of hydrogen-bond donors (Lipinski definition) is 1. The van der Waals surface area contributed by atoms with Crippen LogP contribution in [0.2, 0.25) is 0 Å². The first-order valence-electron chi connectivity index (χ1n) is 7.92. The van der Waals surface area contributed by atoms with E-state index in [1.165, 1.54) is 11.6 Å². The molecule has 0 bridgehead atoms. The number of benzene rings is 2. The third kappa shape index (κ3) is 2.95. The van der Waals surface area contributed by atoms with Crippen molar-refractivity contribution >= 4 is 16.9 Å². The smallest absolute Gasteiger partial charge is 0.336 e. The molecule has 0 radical (unpaired) electrons. The van der Waals surface area contributed by atoms with Gasteiger partial charge >= 0.3 is 5.97 Å². The molecule has 0 saturated carbocycles. The number of aromatic nitrogens is 1. The molecule has 1 aromatic heterocycles. The van der Waals surface area contributed by atoms with Gasteiger partial charge in [-0.3, -0.25) is 4.79 Å². The second-order valence-corrected chi connectivity index (χ2v) is 6.19. The third-order valence-corrected chi connectivity index (χ3v) is 4.26. The highest BCUT2D eigenvalue weighted by atomic mass is 16.4. The molecule has 0 aliphatic carbocycles. The average Bonchev–Trinajstić information content (AvgIpc) is 2.57. The number of pyridine rings is 1. The summed E-state index contributed by atoms with van der Waals surface area (Å²) in [6.45, 7) is 4.49. The summed E-state index contributed by atoms with van der Waals surface area (Å²) in [7, 11) is 0. The van der Waals surface area contributed by atoms with Crippen molar-refractivity contribution < 1.29 is 9.90 Å². The molecule has 4 nitrogen and oxygen atoms in total. The standard InChI is InChI=1S/C20H19NO3/c1-13(2)14-7-9-18-15(11-14)8-10-19(22)21(18)12-16-5-3-4-6-17(16)20(23)24/h3-11,13H,12H2,1-2H3,(H,23,24). The van der Waals surface area contributed by atoms with Gasteiger partial charge in [0.1, 0.15) is 0 Å². The van der Waals surface area contributed by atoms with Crippen LogP contribution in [0.3, 0.4) is 0 Å². The van der Waals surface area contributed by atoms with Crippen molar-refractivity contribution in [1.29, 1.82) is 0 Å². The third-order valence-electron chi connectivity index (χ3n) is 4.26. The quantitative estimate of drug-likeness (QED) is 0.793. The number of carboxylic acids is 1. The normalized spacial score (nSPS) is 11.1. The molecule has 24 heavy (non-hydrogen) atoms. The Balaban J connectivity index is 2.15. The summed E-state index contributed by atoms with van der Waals surface area (Å²) in [6, 6.07) is 16.2. The second-order valence-electron chi connectivity index (χ2n) is 6.19. The van der Waals surface area contributed by atoms with Crippen molar-refractivity contribution in [3.05, 3.63) is 81.6 Å². The van der Waals surface area contributed by atoms with Gasteiger partial charge in [-0.2, -0.15) is 0 Å². The van der Waals surface area contributed by atoms with Crippen LogP contribution in [-0.2, 0) is 6.54 Å². The van der Waals surface area contributed by atoms with Gasteiger partial charge in [0.2, 0.25) is 0 Å². The maximum absolute atomic E-state index is 12.4. The molecule has 122 valence electrons. The number of fused-ring (bicyclic) bond motifs is 1. The van der Waals surface area contributed by atoms with Gasteiger partial charge in [-0.05, 0) is 46.7 Å².